The van der Waals surface area contributed by atoms with Crippen molar-refractivity contribution in [2.45, 2.75) is 6.42 Å². The number of benzene rings is 1. The van der Waals surface area contributed by atoms with Crippen LogP contribution in [0.3, 0.4) is 0 Å². The van der Waals surface area contributed by atoms with Crippen molar-refractivity contribution in [3.05, 3.63) is 58.3 Å². The van der Waals surface area contributed by atoms with E-state index >= 15 is 0 Å². The van der Waals surface area contributed by atoms with Crippen molar-refractivity contribution in [3.8, 4) is 22.5 Å². The Morgan fingerprint density at radius 1 is 1.21 bits per heavy atom. The summed E-state index contributed by atoms with van der Waals surface area (Å²) in [5.74, 6) is 0. The zero-order valence-electron chi connectivity index (χ0n) is 10.0. The number of nitrogens with zero attached hydrogens (tertiary/aromatic N) is 2. The number of pyridine rings is 1. The fourth-order valence-electron chi connectivity index (χ4n) is 2.64. The maximum Gasteiger partial charge on any atom is 0.0978 e. The summed E-state index contributed by atoms with van der Waals surface area (Å²) in [6.07, 6.45) is 4.56. The molecule has 0 amide bonds. The van der Waals surface area contributed by atoms with Crippen LogP contribution in [0, 0.1) is 0 Å². The first-order valence-electron chi connectivity index (χ1n) is 6.09. The second kappa shape index (κ2) is 4.03. The molecule has 0 saturated heterocycles. The average Bonchev–Trinajstić information content (AvgIpc) is 2.97. The number of hydrogen-bond donors (Lipinski definition) is 1. The molecule has 0 aliphatic heterocycles. The van der Waals surface area contributed by atoms with Crippen molar-refractivity contribution in [1.82, 2.24) is 15.2 Å². The van der Waals surface area contributed by atoms with Gasteiger partial charge >= 0.3 is 0 Å². The quantitative estimate of drug-likeness (QED) is 0.581. The molecular formula is C15H10BrN3. The van der Waals surface area contributed by atoms with Crippen molar-refractivity contribution in [1.29, 1.82) is 0 Å². The molecule has 3 aromatic rings. The second-order valence-electron chi connectivity index (χ2n) is 4.65. The zero-order chi connectivity index (χ0) is 12.8. The van der Waals surface area contributed by atoms with Crippen LogP contribution in [-0.4, -0.2) is 15.2 Å². The molecule has 0 atom stereocenters. The van der Waals surface area contributed by atoms with E-state index in [0.717, 1.165) is 27.8 Å². The predicted molar refractivity (Wildman–Crippen MR) is 77.8 cm³/mol. The number of rotatable bonds is 1. The maximum absolute atomic E-state index is 4.45. The van der Waals surface area contributed by atoms with Crippen LogP contribution >= 0.6 is 15.9 Å². The van der Waals surface area contributed by atoms with Crippen molar-refractivity contribution < 1.29 is 0 Å². The van der Waals surface area contributed by atoms with Gasteiger partial charge in [0.2, 0.25) is 0 Å². The molecule has 1 N–H and O–H groups in total. The fourth-order valence-corrected chi connectivity index (χ4v) is 3.05. The molecule has 0 unspecified atom stereocenters. The Labute approximate surface area is 118 Å². The lowest BCUT2D eigenvalue weighted by atomic mass is 10.1. The van der Waals surface area contributed by atoms with E-state index in [-0.39, 0.29) is 0 Å². The molecule has 3 nitrogen and oxygen atoms in total. The number of H-pyrrole nitrogens is 1. The van der Waals surface area contributed by atoms with Gasteiger partial charge in [-0.1, -0.05) is 22.0 Å². The van der Waals surface area contributed by atoms with Crippen molar-refractivity contribution in [2.24, 2.45) is 0 Å². The Kier molecular flexibility index (Phi) is 2.32. The lowest BCUT2D eigenvalue weighted by Gasteiger charge is -2.00. The average molecular weight is 312 g/mol. The number of aromatic amines is 1. The Hall–Kier alpha value is -1.94. The predicted octanol–water partition coefficient (Wildman–Crippen LogP) is 3.81. The van der Waals surface area contributed by atoms with Crippen LogP contribution in [0.25, 0.3) is 22.5 Å². The molecule has 0 bridgehead atoms. The summed E-state index contributed by atoms with van der Waals surface area (Å²) in [5.41, 5.74) is 7.06. The first-order chi connectivity index (χ1) is 9.33. The maximum atomic E-state index is 4.45. The van der Waals surface area contributed by atoms with Crippen LogP contribution in [-0.2, 0) is 6.42 Å². The molecule has 0 radical (unpaired) electrons. The minimum Gasteiger partial charge on any atom is -0.277 e. The fraction of sp³-hybridized carbons (Fsp3) is 0.0667. The number of nitrogens with one attached hydrogen (secondary N) is 1. The minimum absolute atomic E-state index is 0.921. The van der Waals surface area contributed by atoms with Gasteiger partial charge in [-0.3, -0.25) is 10.1 Å². The molecular weight excluding hydrogens is 302 g/mol. The van der Waals surface area contributed by atoms with Crippen LogP contribution < -0.4 is 0 Å². The van der Waals surface area contributed by atoms with Crippen LogP contribution in [0.15, 0.2) is 47.2 Å². The van der Waals surface area contributed by atoms with E-state index in [2.05, 4.69) is 49.3 Å². The van der Waals surface area contributed by atoms with Gasteiger partial charge in [0.1, 0.15) is 0 Å². The van der Waals surface area contributed by atoms with Crippen LogP contribution in [0.4, 0.5) is 0 Å². The third-order valence-electron chi connectivity index (χ3n) is 3.51. The molecule has 2 aromatic heterocycles. The molecule has 92 valence electrons. The molecule has 19 heavy (non-hydrogen) atoms. The van der Waals surface area contributed by atoms with Gasteiger partial charge in [-0.15, -0.1) is 0 Å². The first-order valence-corrected chi connectivity index (χ1v) is 6.88. The first kappa shape index (κ1) is 10.9. The lowest BCUT2D eigenvalue weighted by molar-refractivity contribution is 1.09. The van der Waals surface area contributed by atoms with E-state index in [1.807, 2.05) is 18.3 Å². The van der Waals surface area contributed by atoms with Gasteiger partial charge < -0.3 is 0 Å². The third kappa shape index (κ3) is 1.64. The van der Waals surface area contributed by atoms with E-state index in [9.17, 15) is 0 Å². The highest BCUT2D eigenvalue weighted by molar-refractivity contribution is 9.10. The molecule has 0 spiro atoms. The van der Waals surface area contributed by atoms with Gasteiger partial charge in [0, 0.05) is 40.0 Å². The largest absolute Gasteiger partial charge is 0.277 e. The van der Waals surface area contributed by atoms with Gasteiger partial charge in [0.15, 0.2) is 0 Å². The molecule has 4 heteroatoms. The number of aromatic nitrogens is 3. The highest BCUT2D eigenvalue weighted by Gasteiger charge is 2.24. The molecule has 1 aliphatic carbocycles. The summed E-state index contributed by atoms with van der Waals surface area (Å²) in [6, 6.07) is 10.4. The Morgan fingerprint density at radius 3 is 3.00 bits per heavy atom. The minimum atomic E-state index is 0.921. The van der Waals surface area contributed by atoms with Gasteiger partial charge in [-0.25, -0.2) is 0 Å². The monoisotopic (exact) mass is 311 g/mol. The molecule has 2 heterocycles. The van der Waals surface area contributed by atoms with Gasteiger partial charge in [-0.05, 0) is 29.8 Å². The molecule has 1 aliphatic rings. The molecule has 4 rings (SSSR count). The number of fused-ring (bicyclic) bond motifs is 3. The van der Waals surface area contributed by atoms with Crippen molar-refractivity contribution >= 4 is 15.9 Å². The highest BCUT2D eigenvalue weighted by Crippen LogP contribution is 2.40. The van der Waals surface area contributed by atoms with Crippen molar-refractivity contribution in [3.63, 3.8) is 0 Å². The van der Waals surface area contributed by atoms with Crippen LogP contribution in [0.2, 0.25) is 0 Å². The third-order valence-corrected chi connectivity index (χ3v) is 4.00. The summed E-state index contributed by atoms with van der Waals surface area (Å²) in [6.45, 7) is 0. The Bertz CT molecular complexity index is 762. The summed E-state index contributed by atoms with van der Waals surface area (Å²) in [7, 11) is 0. The van der Waals surface area contributed by atoms with E-state index < -0.39 is 0 Å². The van der Waals surface area contributed by atoms with Crippen LogP contribution in [0.5, 0.6) is 0 Å². The van der Waals surface area contributed by atoms with Gasteiger partial charge in [0.25, 0.3) is 0 Å². The van der Waals surface area contributed by atoms with Gasteiger partial charge in [-0.2, -0.15) is 5.10 Å². The van der Waals surface area contributed by atoms with Crippen molar-refractivity contribution in [2.75, 3.05) is 0 Å². The van der Waals surface area contributed by atoms with E-state index in [1.165, 1.54) is 16.7 Å². The summed E-state index contributed by atoms with van der Waals surface area (Å²) in [4.78, 5) is 4.17. The second-order valence-corrected chi connectivity index (χ2v) is 5.56. The smallest absolute Gasteiger partial charge is 0.0978 e. The van der Waals surface area contributed by atoms with E-state index in [1.54, 1.807) is 6.20 Å². The molecule has 1 aromatic carbocycles. The highest BCUT2D eigenvalue weighted by atomic mass is 79.9. The van der Waals surface area contributed by atoms with Crippen LogP contribution in [0.1, 0.15) is 11.1 Å². The van der Waals surface area contributed by atoms with E-state index in [0.29, 0.717) is 0 Å². The SMILES string of the molecule is Brc1ccc2c(c1)Cc1c(-c3cccnc3)n[nH]c1-2. The molecule has 0 fully saturated rings. The van der Waals surface area contributed by atoms with E-state index in [4.69, 9.17) is 0 Å². The number of hydrogen-bond acceptors (Lipinski definition) is 2. The summed E-state index contributed by atoms with van der Waals surface area (Å²) in [5, 5.41) is 7.62. The zero-order valence-corrected chi connectivity index (χ0v) is 11.6. The molecule has 0 saturated carbocycles. The lowest BCUT2D eigenvalue weighted by Crippen LogP contribution is -1.87. The topological polar surface area (TPSA) is 41.6 Å². The number of halogens is 1. The normalized spacial score (nSPS) is 12.3. The Morgan fingerprint density at radius 2 is 2.16 bits per heavy atom. The Balaban J connectivity index is 1.88. The van der Waals surface area contributed by atoms with Gasteiger partial charge in [0.05, 0.1) is 11.4 Å². The standard InChI is InChI=1S/C15H10BrN3/c16-11-3-4-12-10(6-11)7-13-14(18-19-15(12)13)9-2-1-5-17-8-9/h1-6,8H,7H2,(H,18,19). The summed E-state index contributed by atoms with van der Waals surface area (Å²) < 4.78 is 1.12. The summed E-state index contributed by atoms with van der Waals surface area (Å²) >= 11 is 3.53.